The van der Waals surface area contributed by atoms with Gasteiger partial charge in [-0.25, -0.2) is 4.98 Å². The molecular weight excluding hydrogens is 214 g/mol. The Kier molecular flexibility index (Phi) is 4.76. The predicted molar refractivity (Wildman–Crippen MR) is 68.1 cm³/mol. The van der Waals surface area contributed by atoms with Gasteiger partial charge in [0.15, 0.2) is 0 Å². The molecule has 4 heteroatoms. The SMILES string of the molecule is COc1ncccc1CNCC1CCCNC1. The molecule has 0 saturated carbocycles. The smallest absolute Gasteiger partial charge is 0.217 e. The number of hydrogen-bond acceptors (Lipinski definition) is 4. The van der Waals surface area contributed by atoms with Crippen molar-refractivity contribution < 1.29 is 4.74 Å². The molecule has 4 nitrogen and oxygen atoms in total. The largest absolute Gasteiger partial charge is 0.481 e. The highest BCUT2D eigenvalue weighted by molar-refractivity contribution is 5.24. The van der Waals surface area contributed by atoms with E-state index in [-0.39, 0.29) is 0 Å². The normalized spacial score (nSPS) is 20.2. The summed E-state index contributed by atoms with van der Waals surface area (Å²) in [4.78, 5) is 4.19. The van der Waals surface area contributed by atoms with Crippen molar-refractivity contribution in [2.45, 2.75) is 19.4 Å². The Balaban J connectivity index is 1.77. The van der Waals surface area contributed by atoms with E-state index in [2.05, 4.69) is 21.7 Å². The first kappa shape index (κ1) is 12.3. The first-order valence-electron chi connectivity index (χ1n) is 6.29. The van der Waals surface area contributed by atoms with Gasteiger partial charge in [-0.3, -0.25) is 0 Å². The molecule has 1 atom stereocenters. The van der Waals surface area contributed by atoms with Crippen molar-refractivity contribution in [3.63, 3.8) is 0 Å². The second-order valence-electron chi connectivity index (χ2n) is 4.52. The minimum absolute atomic E-state index is 0.724. The molecule has 1 aromatic rings. The maximum Gasteiger partial charge on any atom is 0.217 e. The van der Waals surface area contributed by atoms with E-state index >= 15 is 0 Å². The second-order valence-corrected chi connectivity index (χ2v) is 4.52. The van der Waals surface area contributed by atoms with Gasteiger partial charge < -0.3 is 15.4 Å². The van der Waals surface area contributed by atoms with Gasteiger partial charge in [-0.2, -0.15) is 0 Å². The first-order valence-corrected chi connectivity index (χ1v) is 6.29. The Morgan fingerprint density at radius 3 is 3.29 bits per heavy atom. The molecule has 1 aliphatic rings. The van der Waals surface area contributed by atoms with Crippen LogP contribution in [0.25, 0.3) is 0 Å². The second kappa shape index (κ2) is 6.57. The van der Waals surface area contributed by atoms with E-state index < -0.39 is 0 Å². The fourth-order valence-electron chi connectivity index (χ4n) is 2.25. The number of piperidine rings is 1. The van der Waals surface area contributed by atoms with Crippen molar-refractivity contribution in [3.05, 3.63) is 23.9 Å². The van der Waals surface area contributed by atoms with Gasteiger partial charge in [-0.05, 0) is 44.5 Å². The van der Waals surface area contributed by atoms with Crippen LogP contribution < -0.4 is 15.4 Å². The van der Waals surface area contributed by atoms with Gasteiger partial charge >= 0.3 is 0 Å². The van der Waals surface area contributed by atoms with Crippen LogP contribution in [0.3, 0.4) is 0 Å². The number of methoxy groups -OCH3 is 1. The lowest BCUT2D eigenvalue weighted by Gasteiger charge is -2.23. The molecule has 94 valence electrons. The van der Waals surface area contributed by atoms with E-state index in [9.17, 15) is 0 Å². The quantitative estimate of drug-likeness (QED) is 0.804. The highest BCUT2D eigenvalue weighted by Gasteiger charge is 2.12. The summed E-state index contributed by atoms with van der Waals surface area (Å²) >= 11 is 0. The fraction of sp³-hybridized carbons (Fsp3) is 0.615. The Morgan fingerprint density at radius 1 is 1.59 bits per heavy atom. The van der Waals surface area contributed by atoms with Crippen LogP contribution in [0.15, 0.2) is 18.3 Å². The molecule has 0 bridgehead atoms. The van der Waals surface area contributed by atoms with E-state index in [0.717, 1.165) is 37.0 Å². The van der Waals surface area contributed by atoms with Gasteiger partial charge in [-0.15, -0.1) is 0 Å². The number of nitrogens with zero attached hydrogens (tertiary/aromatic N) is 1. The third kappa shape index (κ3) is 3.68. The monoisotopic (exact) mass is 235 g/mol. The number of pyridine rings is 1. The summed E-state index contributed by atoms with van der Waals surface area (Å²) in [6.07, 6.45) is 4.38. The Bertz CT molecular complexity index is 337. The molecule has 2 rings (SSSR count). The third-order valence-corrected chi connectivity index (χ3v) is 3.19. The molecule has 1 aromatic heterocycles. The predicted octanol–water partition coefficient (Wildman–Crippen LogP) is 1.18. The number of nitrogens with one attached hydrogen (secondary N) is 2. The molecular formula is C13H21N3O. The van der Waals surface area contributed by atoms with Gasteiger partial charge in [0.2, 0.25) is 5.88 Å². The van der Waals surface area contributed by atoms with Crippen LogP contribution in [0.5, 0.6) is 5.88 Å². The van der Waals surface area contributed by atoms with Crippen molar-refractivity contribution in [3.8, 4) is 5.88 Å². The summed E-state index contributed by atoms with van der Waals surface area (Å²) in [7, 11) is 1.66. The Morgan fingerprint density at radius 2 is 2.53 bits per heavy atom. The minimum Gasteiger partial charge on any atom is -0.481 e. The fourth-order valence-corrected chi connectivity index (χ4v) is 2.25. The molecule has 1 aliphatic heterocycles. The lowest BCUT2D eigenvalue weighted by atomic mass is 10.00. The molecule has 2 heterocycles. The van der Waals surface area contributed by atoms with Crippen molar-refractivity contribution in [2.24, 2.45) is 5.92 Å². The number of aromatic nitrogens is 1. The van der Waals surface area contributed by atoms with Crippen LogP contribution in [-0.2, 0) is 6.54 Å². The van der Waals surface area contributed by atoms with Crippen LogP contribution in [0.1, 0.15) is 18.4 Å². The average Bonchev–Trinajstić information content (AvgIpc) is 2.40. The van der Waals surface area contributed by atoms with Crippen molar-refractivity contribution in [1.82, 2.24) is 15.6 Å². The van der Waals surface area contributed by atoms with Crippen LogP contribution in [0, 0.1) is 5.92 Å². The first-order chi connectivity index (χ1) is 8.40. The molecule has 0 radical (unpaired) electrons. The average molecular weight is 235 g/mol. The van der Waals surface area contributed by atoms with Gasteiger partial charge in [-0.1, -0.05) is 6.07 Å². The Labute approximate surface area is 103 Å². The molecule has 1 saturated heterocycles. The van der Waals surface area contributed by atoms with E-state index in [1.54, 1.807) is 13.3 Å². The molecule has 1 unspecified atom stereocenters. The van der Waals surface area contributed by atoms with Crippen LogP contribution in [-0.4, -0.2) is 31.7 Å². The summed E-state index contributed by atoms with van der Waals surface area (Å²) in [6.45, 7) is 4.20. The zero-order valence-electron chi connectivity index (χ0n) is 10.4. The van der Waals surface area contributed by atoms with Crippen molar-refractivity contribution >= 4 is 0 Å². The van der Waals surface area contributed by atoms with Crippen molar-refractivity contribution in [1.29, 1.82) is 0 Å². The molecule has 1 fully saturated rings. The summed E-state index contributed by atoms with van der Waals surface area (Å²) < 4.78 is 5.22. The highest BCUT2D eigenvalue weighted by Crippen LogP contribution is 2.13. The van der Waals surface area contributed by atoms with Gasteiger partial charge in [0.1, 0.15) is 0 Å². The van der Waals surface area contributed by atoms with Gasteiger partial charge in [0.05, 0.1) is 7.11 Å². The van der Waals surface area contributed by atoms with Gasteiger partial charge in [0, 0.05) is 18.3 Å². The summed E-state index contributed by atoms with van der Waals surface area (Å²) in [5, 5.41) is 6.92. The van der Waals surface area contributed by atoms with E-state index in [4.69, 9.17) is 4.74 Å². The minimum atomic E-state index is 0.724. The highest BCUT2D eigenvalue weighted by atomic mass is 16.5. The number of rotatable bonds is 5. The Hall–Kier alpha value is -1.13. The lowest BCUT2D eigenvalue weighted by Crippen LogP contribution is -2.35. The molecule has 0 aromatic carbocycles. The lowest BCUT2D eigenvalue weighted by molar-refractivity contribution is 0.356. The zero-order valence-corrected chi connectivity index (χ0v) is 10.4. The maximum atomic E-state index is 5.22. The van der Waals surface area contributed by atoms with Crippen LogP contribution >= 0.6 is 0 Å². The van der Waals surface area contributed by atoms with Gasteiger partial charge in [0.25, 0.3) is 0 Å². The molecule has 0 aliphatic carbocycles. The van der Waals surface area contributed by atoms with Crippen LogP contribution in [0.4, 0.5) is 0 Å². The van der Waals surface area contributed by atoms with E-state index in [0.29, 0.717) is 0 Å². The molecule has 0 amide bonds. The molecule has 2 N–H and O–H groups in total. The summed E-state index contributed by atoms with van der Waals surface area (Å²) in [5.41, 5.74) is 1.12. The van der Waals surface area contributed by atoms with Crippen molar-refractivity contribution in [2.75, 3.05) is 26.7 Å². The summed E-state index contributed by atoms with van der Waals surface area (Å²) in [6, 6.07) is 4.00. The molecule has 17 heavy (non-hydrogen) atoms. The third-order valence-electron chi connectivity index (χ3n) is 3.19. The van der Waals surface area contributed by atoms with Crippen LogP contribution in [0.2, 0.25) is 0 Å². The maximum absolute atomic E-state index is 5.22. The number of ether oxygens (including phenoxy) is 1. The van der Waals surface area contributed by atoms with E-state index in [1.807, 2.05) is 6.07 Å². The van der Waals surface area contributed by atoms with E-state index in [1.165, 1.54) is 19.4 Å². The standard InChI is InChI=1S/C13H21N3O/c1-17-13-12(5-3-7-16-13)10-15-9-11-4-2-6-14-8-11/h3,5,7,11,14-15H,2,4,6,8-10H2,1H3. The molecule has 0 spiro atoms. The topological polar surface area (TPSA) is 46.2 Å². The summed E-state index contributed by atoms with van der Waals surface area (Å²) in [5.74, 6) is 1.48. The number of hydrogen-bond donors (Lipinski definition) is 2. The zero-order chi connectivity index (χ0) is 11.9.